The predicted octanol–water partition coefficient (Wildman–Crippen LogP) is 2.31. The molecule has 0 saturated carbocycles. The van der Waals surface area contributed by atoms with Crippen molar-refractivity contribution in [1.29, 1.82) is 0 Å². The van der Waals surface area contributed by atoms with Gasteiger partial charge in [-0.1, -0.05) is 6.07 Å². The normalized spacial score (nSPS) is 14.5. The number of benzene rings is 1. The first kappa shape index (κ1) is 20.7. The lowest BCUT2D eigenvalue weighted by Gasteiger charge is -2.34. The molecule has 0 N–H and O–H groups in total. The average Bonchev–Trinajstić information content (AvgIpc) is 3.27. The SMILES string of the molecule is COc1cc(C(=O)N2CCN(CC(=O)c3cccs3)CC2)c([N+](=O)[O-])cc1OC. The predicted molar refractivity (Wildman–Crippen MR) is 107 cm³/mol. The highest BCUT2D eigenvalue weighted by atomic mass is 32.1. The molecule has 0 spiro atoms. The highest BCUT2D eigenvalue weighted by Crippen LogP contribution is 2.35. The number of nitro benzene ring substituents is 1. The number of amides is 1. The van der Waals surface area contributed by atoms with Crippen molar-refractivity contribution in [1.82, 2.24) is 9.80 Å². The molecule has 1 amide bonds. The lowest BCUT2D eigenvalue weighted by atomic mass is 10.1. The molecule has 2 aromatic rings. The number of ketones is 1. The summed E-state index contributed by atoms with van der Waals surface area (Å²) in [5.41, 5.74) is -0.376. The fourth-order valence-corrected chi connectivity index (χ4v) is 3.85. The molecule has 0 unspecified atom stereocenters. The van der Waals surface area contributed by atoms with Gasteiger partial charge in [-0.05, 0) is 11.4 Å². The molecule has 10 heteroatoms. The van der Waals surface area contributed by atoms with E-state index in [9.17, 15) is 19.7 Å². The van der Waals surface area contributed by atoms with Gasteiger partial charge < -0.3 is 14.4 Å². The van der Waals surface area contributed by atoms with E-state index < -0.39 is 10.8 Å². The molecular weight excluding hydrogens is 398 g/mol. The van der Waals surface area contributed by atoms with Crippen LogP contribution < -0.4 is 9.47 Å². The third-order valence-electron chi connectivity index (χ3n) is 4.75. The van der Waals surface area contributed by atoms with Crippen LogP contribution in [0.25, 0.3) is 0 Å². The van der Waals surface area contributed by atoms with E-state index in [2.05, 4.69) is 0 Å². The van der Waals surface area contributed by atoms with Crippen molar-refractivity contribution in [2.24, 2.45) is 0 Å². The fraction of sp³-hybridized carbons (Fsp3) is 0.368. The molecule has 29 heavy (non-hydrogen) atoms. The van der Waals surface area contributed by atoms with Gasteiger partial charge in [-0.2, -0.15) is 0 Å². The van der Waals surface area contributed by atoms with Crippen LogP contribution in [0.1, 0.15) is 20.0 Å². The van der Waals surface area contributed by atoms with Crippen LogP contribution in [0.5, 0.6) is 11.5 Å². The second-order valence-corrected chi connectivity index (χ2v) is 7.40. The van der Waals surface area contributed by atoms with Gasteiger partial charge >= 0.3 is 0 Å². The zero-order valence-electron chi connectivity index (χ0n) is 16.1. The summed E-state index contributed by atoms with van der Waals surface area (Å²) >= 11 is 1.41. The number of piperazine rings is 1. The fourth-order valence-electron chi connectivity index (χ4n) is 3.19. The molecular formula is C19H21N3O6S. The molecule has 0 atom stereocenters. The number of carbonyl (C=O) groups is 2. The van der Waals surface area contributed by atoms with Gasteiger partial charge in [0, 0.05) is 32.2 Å². The largest absolute Gasteiger partial charge is 0.493 e. The minimum Gasteiger partial charge on any atom is -0.493 e. The summed E-state index contributed by atoms with van der Waals surface area (Å²) in [6.45, 7) is 2.08. The van der Waals surface area contributed by atoms with Crippen molar-refractivity contribution in [2.45, 2.75) is 0 Å². The Labute approximate surface area is 171 Å². The summed E-state index contributed by atoms with van der Waals surface area (Å²) in [5, 5.41) is 13.3. The van der Waals surface area contributed by atoms with Crippen LogP contribution in [0.15, 0.2) is 29.6 Å². The molecule has 1 aliphatic rings. The highest BCUT2D eigenvalue weighted by Gasteiger charge is 2.30. The number of hydrogen-bond donors (Lipinski definition) is 0. The van der Waals surface area contributed by atoms with Crippen molar-refractivity contribution in [3.05, 3.63) is 50.2 Å². The van der Waals surface area contributed by atoms with E-state index in [4.69, 9.17) is 9.47 Å². The van der Waals surface area contributed by atoms with Crippen LogP contribution >= 0.6 is 11.3 Å². The Morgan fingerprint density at radius 3 is 2.34 bits per heavy atom. The third-order valence-corrected chi connectivity index (χ3v) is 5.66. The maximum atomic E-state index is 12.9. The van der Waals surface area contributed by atoms with Crippen molar-refractivity contribution in [2.75, 3.05) is 46.9 Å². The van der Waals surface area contributed by atoms with E-state index in [0.29, 0.717) is 37.6 Å². The molecule has 0 aliphatic carbocycles. The van der Waals surface area contributed by atoms with Crippen LogP contribution in [0.2, 0.25) is 0 Å². The molecule has 1 aromatic carbocycles. The molecule has 1 aromatic heterocycles. The van der Waals surface area contributed by atoms with Gasteiger partial charge in [0.2, 0.25) is 0 Å². The van der Waals surface area contributed by atoms with E-state index in [0.717, 1.165) is 0 Å². The second-order valence-electron chi connectivity index (χ2n) is 6.45. The number of rotatable bonds is 7. The Balaban J connectivity index is 1.70. The maximum absolute atomic E-state index is 12.9. The summed E-state index contributed by atoms with van der Waals surface area (Å²) in [4.78, 5) is 40.3. The molecule has 3 rings (SSSR count). The van der Waals surface area contributed by atoms with Gasteiger partial charge in [-0.25, -0.2) is 0 Å². The van der Waals surface area contributed by atoms with Gasteiger partial charge in [0.25, 0.3) is 11.6 Å². The first-order chi connectivity index (χ1) is 13.9. The molecule has 154 valence electrons. The molecule has 1 saturated heterocycles. The summed E-state index contributed by atoms with van der Waals surface area (Å²) in [7, 11) is 2.78. The smallest absolute Gasteiger partial charge is 0.286 e. The molecule has 9 nitrogen and oxygen atoms in total. The second kappa shape index (κ2) is 9.01. The zero-order valence-corrected chi connectivity index (χ0v) is 16.9. The Morgan fingerprint density at radius 2 is 1.79 bits per heavy atom. The molecule has 0 bridgehead atoms. The molecule has 1 aliphatic heterocycles. The quantitative estimate of drug-likeness (QED) is 0.385. The monoisotopic (exact) mass is 419 g/mol. The van der Waals surface area contributed by atoms with Crippen molar-refractivity contribution in [3.8, 4) is 11.5 Å². The highest BCUT2D eigenvalue weighted by molar-refractivity contribution is 7.12. The van der Waals surface area contributed by atoms with Gasteiger partial charge in [0.1, 0.15) is 5.56 Å². The van der Waals surface area contributed by atoms with E-state index in [1.165, 1.54) is 37.7 Å². The Morgan fingerprint density at radius 1 is 1.14 bits per heavy atom. The Bertz CT molecular complexity index is 907. The van der Waals surface area contributed by atoms with Crippen LogP contribution in [0, 0.1) is 10.1 Å². The lowest BCUT2D eigenvalue weighted by molar-refractivity contribution is -0.385. The molecule has 2 heterocycles. The first-order valence-electron chi connectivity index (χ1n) is 8.93. The van der Waals surface area contributed by atoms with Crippen LogP contribution in [-0.4, -0.2) is 73.4 Å². The lowest BCUT2D eigenvalue weighted by Crippen LogP contribution is -2.50. The maximum Gasteiger partial charge on any atom is 0.286 e. The van der Waals surface area contributed by atoms with Crippen LogP contribution in [-0.2, 0) is 0 Å². The van der Waals surface area contributed by atoms with E-state index in [-0.39, 0.29) is 28.5 Å². The van der Waals surface area contributed by atoms with Gasteiger partial charge in [0.15, 0.2) is 17.3 Å². The molecule has 0 radical (unpaired) electrons. The summed E-state index contributed by atoms with van der Waals surface area (Å²) in [6, 6.07) is 6.17. The van der Waals surface area contributed by atoms with E-state index in [1.807, 2.05) is 16.3 Å². The van der Waals surface area contributed by atoms with Crippen molar-refractivity contribution in [3.63, 3.8) is 0 Å². The van der Waals surface area contributed by atoms with Crippen LogP contribution in [0.3, 0.4) is 0 Å². The summed E-state index contributed by atoms with van der Waals surface area (Å²) in [6.07, 6.45) is 0. The minimum absolute atomic E-state index is 0.0456. The van der Waals surface area contributed by atoms with E-state index in [1.54, 1.807) is 11.0 Å². The first-order valence-corrected chi connectivity index (χ1v) is 9.81. The number of carbonyl (C=O) groups excluding carboxylic acids is 2. The number of Topliss-reactive ketones (excluding diaryl/α,β-unsaturated/α-hetero) is 1. The van der Waals surface area contributed by atoms with Crippen LogP contribution in [0.4, 0.5) is 5.69 Å². The number of methoxy groups -OCH3 is 2. The molecule has 1 fully saturated rings. The van der Waals surface area contributed by atoms with Crippen molar-refractivity contribution >= 4 is 28.7 Å². The topological polar surface area (TPSA) is 102 Å². The van der Waals surface area contributed by atoms with Gasteiger partial charge in [-0.3, -0.25) is 24.6 Å². The number of nitro groups is 1. The average molecular weight is 419 g/mol. The summed E-state index contributed by atoms with van der Waals surface area (Å²) in [5.74, 6) is 0.0477. The standard InChI is InChI=1S/C19H21N3O6S/c1-27-16-10-13(14(22(25)26)11-17(16)28-2)19(24)21-7-5-20(6-8-21)12-15(23)18-4-3-9-29-18/h3-4,9-11H,5-8,12H2,1-2H3. The van der Waals surface area contributed by atoms with Gasteiger partial charge in [0.05, 0.1) is 36.6 Å². The number of ether oxygens (including phenoxy) is 2. The van der Waals surface area contributed by atoms with E-state index >= 15 is 0 Å². The third kappa shape index (κ3) is 4.54. The van der Waals surface area contributed by atoms with Crippen molar-refractivity contribution < 1.29 is 24.0 Å². The zero-order chi connectivity index (χ0) is 21.0. The number of thiophene rings is 1. The number of nitrogens with zero attached hydrogens (tertiary/aromatic N) is 3. The summed E-state index contributed by atoms with van der Waals surface area (Å²) < 4.78 is 10.3. The Hall–Kier alpha value is -2.98. The number of hydrogen-bond acceptors (Lipinski definition) is 8. The van der Waals surface area contributed by atoms with Gasteiger partial charge in [-0.15, -0.1) is 11.3 Å². The Kier molecular flexibility index (Phi) is 6.45. The minimum atomic E-state index is -0.606.